The van der Waals surface area contributed by atoms with E-state index in [0.717, 1.165) is 10.0 Å². The number of rotatable bonds is 5. The van der Waals surface area contributed by atoms with Crippen LogP contribution < -0.4 is 10.6 Å². The fraction of sp³-hybridized carbons (Fsp3) is 0.111. The van der Waals surface area contributed by atoms with Crippen molar-refractivity contribution in [2.75, 3.05) is 5.32 Å². The Hall–Kier alpha value is -2.61. The lowest BCUT2D eigenvalue weighted by Gasteiger charge is -2.12. The largest absolute Gasteiger partial charge is 0.471 e. The summed E-state index contributed by atoms with van der Waals surface area (Å²) >= 11 is 3.31. The predicted molar refractivity (Wildman–Crippen MR) is 96.1 cm³/mol. The molecule has 0 bridgehead atoms. The summed E-state index contributed by atoms with van der Waals surface area (Å²) in [5, 5.41) is 4.37. The van der Waals surface area contributed by atoms with Gasteiger partial charge in [0.2, 0.25) is 5.91 Å². The summed E-state index contributed by atoms with van der Waals surface area (Å²) in [6, 6.07) is 13.6. The van der Waals surface area contributed by atoms with Crippen LogP contribution in [0.4, 0.5) is 18.9 Å². The maximum atomic E-state index is 12.3. The van der Waals surface area contributed by atoms with Crippen LogP contribution in [0.3, 0.4) is 0 Å². The van der Waals surface area contributed by atoms with Crippen LogP contribution in [-0.4, -0.2) is 18.0 Å². The van der Waals surface area contributed by atoms with Crippen LogP contribution in [0, 0.1) is 0 Å². The van der Waals surface area contributed by atoms with Crippen LogP contribution in [-0.2, 0) is 16.1 Å². The SMILES string of the molecule is O=C(/C=C/c1ccc(Br)cc1)Nc1ccccc1CNC(=O)C(F)(F)F. The molecule has 2 N–H and O–H groups in total. The smallest absolute Gasteiger partial charge is 0.344 e. The van der Waals surface area contributed by atoms with Crippen LogP contribution in [0.5, 0.6) is 0 Å². The first-order chi connectivity index (χ1) is 12.3. The van der Waals surface area contributed by atoms with Crippen molar-refractivity contribution >= 4 is 39.5 Å². The number of anilines is 1. The molecule has 8 heteroatoms. The van der Waals surface area contributed by atoms with Gasteiger partial charge in [-0.15, -0.1) is 0 Å². The van der Waals surface area contributed by atoms with Gasteiger partial charge in [-0.25, -0.2) is 0 Å². The Morgan fingerprint density at radius 1 is 1.04 bits per heavy atom. The molecule has 0 aliphatic heterocycles. The second-order valence-corrected chi connectivity index (χ2v) is 6.13. The standard InChI is InChI=1S/C18H14BrF3N2O2/c19-14-8-5-12(6-9-14)7-10-16(25)24-15-4-2-1-3-13(15)11-23-17(26)18(20,21)22/h1-10H,11H2,(H,23,26)(H,24,25)/b10-7+. The van der Waals surface area contributed by atoms with Gasteiger partial charge in [-0.3, -0.25) is 9.59 Å². The van der Waals surface area contributed by atoms with Gasteiger partial charge in [0.15, 0.2) is 0 Å². The third-order valence-electron chi connectivity index (χ3n) is 3.27. The summed E-state index contributed by atoms with van der Waals surface area (Å²) < 4.78 is 37.7. The molecular weight excluding hydrogens is 413 g/mol. The lowest BCUT2D eigenvalue weighted by atomic mass is 10.1. The van der Waals surface area contributed by atoms with Gasteiger partial charge in [0, 0.05) is 22.8 Å². The van der Waals surface area contributed by atoms with Crippen LogP contribution >= 0.6 is 15.9 Å². The molecule has 2 aromatic carbocycles. The highest BCUT2D eigenvalue weighted by molar-refractivity contribution is 9.10. The molecule has 0 aliphatic carbocycles. The lowest BCUT2D eigenvalue weighted by molar-refractivity contribution is -0.173. The van der Waals surface area contributed by atoms with E-state index in [1.165, 1.54) is 12.1 Å². The Morgan fingerprint density at radius 3 is 2.35 bits per heavy atom. The molecule has 0 saturated carbocycles. The Kier molecular flexibility index (Phi) is 6.57. The summed E-state index contributed by atoms with van der Waals surface area (Å²) in [6.45, 7) is -0.356. The first-order valence-electron chi connectivity index (χ1n) is 7.43. The fourth-order valence-electron chi connectivity index (χ4n) is 1.99. The van der Waals surface area contributed by atoms with Crippen molar-refractivity contribution in [3.05, 3.63) is 70.2 Å². The third-order valence-corrected chi connectivity index (χ3v) is 3.80. The number of benzene rings is 2. The van der Waals surface area contributed by atoms with E-state index in [-0.39, 0.29) is 6.54 Å². The number of amides is 2. The van der Waals surface area contributed by atoms with E-state index in [2.05, 4.69) is 21.2 Å². The van der Waals surface area contributed by atoms with Gasteiger partial charge in [0.05, 0.1) is 0 Å². The van der Waals surface area contributed by atoms with Gasteiger partial charge >= 0.3 is 12.1 Å². The minimum Gasteiger partial charge on any atom is -0.344 e. The van der Waals surface area contributed by atoms with E-state index >= 15 is 0 Å². The first kappa shape index (κ1) is 19.7. The number of nitrogens with one attached hydrogen (secondary N) is 2. The first-order valence-corrected chi connectivity index (χ1v) is 8.22. The molecule has 4 nitrogen and oxygen atoms in total. The average Bonchev–Trinajstić information content (AvgIpc) is 2.59. The topological polar surface area (TPSA) is 58.2 Å². The zero-order valence-corrected chi connectivity index (χ0v) is 14.9. The van der Waals surface area contributed by atoms with Gasteiger partial charge in [0.25, 0.3) is 0 Å². The molecule has 0 heterocycles. The molecule has 2 amide bonds. The summed E-state index contributed by atoms with van der Waals surface area (Å²) in [5.74, 6) is -2.48. The molecule has 26 heavy (non-hydrogen) atoms. The molecule has 0 radical (unpaired) electrons. The summed E-state index contributed by atoms with van der Waals surface area (Å²) in [4.78, 5) is 22.9. The van der Waals surface area contributed by atoms with Crippen LogP contribution in [0.25, 0.3) is 6.08 Å². The normalized spacial score (nSPS) is 11.4. The second-order valence-electron chi connectivity index (χ2n) is 5.21. The Labute approximate surface area is 156 Å². The maximum Gasteiger partial charge on any atom is 0.471 e. The van der Waals surface area contributed by atoms with E-state index in [1.54, 1.807) is 29.6 Å². The number of carbonyl (C=O) groups excluding carboxylic acids is 2. The van der Waals surface area contributed by atoms with Crippen molar-refractivity contribution in [1.29, 1.82) is 0 Å². The van der Waals surface area contributed by atoms with Crippen molar-refractivity contribution in [1.82, 2.24) is 5.32 Å². The van der Waals surface area contributed by atoms with Crippen molar-refractivity contribution in [3.63, 3.8) is 0 Å². The molecule has 0 atom stereocenters. The lowest BCUT2D eigenvalue weighted by Crippen LogP contribution is -2.36. The number of halogens is 4. The van der Waals surface area contributed by atoms with Crippen LogP contribution in [0.2, 0.25) is 0 Å². The highest BCUT2D eigenvalue weighted by Gasteiger charge is 2.38. The molecule has 0 saturated heterocycles. The van der Waals surface area contributed by atoms with Gasteiger partial charge < -0.3 is 10.6 Å². The van der Waals surface area contributed by atoms with E-state index in [1.807, 2.05) is 24.3 Å². The fourth-order valence-corrected chi connectivity index (χ4v) is 2.26. The minimum absolute atomic E-state index is 0.320. The zero-order chi connectivity index (χ0) is 19.2. The molecule has 0 fully saturated rings. The molecule has 0 unspecified atom stereocenters. The van der Waals surface area contributed by atoms with E-state index < -0.39 is 18.0 Å². The van der Waals surface area contributed by atoms with Gasteiger partial charge in [-0.2, -0.15) is 13.2 Å². The summed E-state index contributed by atoms with van der Waals surface area (Å²) in [7, 11) is 0. The van der Waals surface area contributed by atoms with E-state index in [4.69, 9.17) is 0 Å². The van der Waals surface area contributed by atoms with Crippen molar-refractivity contribution in [2.24, 2.45) is 0 Å². The highest BCUT2D eigenvalue weighted by Crippen LogP contribution is 2.18. The predicted octanol–water partition coefficient (Wildman–Crippen LogP) is 4.28. The molecule has 2 rings (SSSR count). The summed E-state index contributed by atoms with van der Waals surface area (Å²) in [6.07, 6.45) is -2.03. The monoisotopic (exact) mass is 426 g/mol. The maximum absolute atomic E-state index is 12.3. The number of hydrogen-bond donors (Lipinski definition) is 2. The molecule has 0 aliphatic rings. The Morgan fingerprint density at radius 2 is 1.69 bits per heavy atom. The Balaban J connectivity index is 2.01. The molecular formula is C18H14BrF3N2O2. The quantitative estimate of drug-likeness (QED) is 0.701. The van der Waals surface area contributed by atoms with Crippen molar-refractivity contribution in [3.8, 4) is 0 Å². The van der Waals surface area contributed by atoms with Crippen LogP contribution in [0.1, 0.15) is 11.1 Å². The van der Waals surface area contributed by atoms with Crippen molar-refractivity contribution < 1.29 is 22.8 Å². The van der Waals surface area contributed by atoms with E-state index in [9.17, 15) is 22.8 Å². The molecule has 2 aromatic rings. The number of para-hydroxylation sites is 1. The summed E-state index contributed by atoms with van der Waals surface area (Å²) in [5.41, 5.74) is 1.49. The number of hydrogen-bond acceptors (Lipinski definition) is 2. The number of alkyl halides is 3. The zero-order valence-electron chi connectivity index (χ0n) is 13.3. The van der Waals surface area contributed by atoms with Gasteiger partial charge in [-0.1, -0.05) is 46.3 Å². The Bertz CT molecular complexity index is 818. The minimum atomic E-state index is -4.95. The van der Waals surface area contributed by atoms with Crippen molar-refractivity contribution in [2.45, 2.75) is 12.7 Å². The molecule has 0 spiro atoms. The van der Waals surface area contributed by atoms with Gasteiger partial charge in [0.1, 0.15) is 0 Å². The van der Waals surface area contributed by atoms with E-state index in [0.29, 0.717) is 11.3 Å². The molecule has 0 aromatic heterocycles. The second kappa shape index (κ2) is 8.66. The average molecular weight is 427 g/mol. The van der Waals surface area contributed by atoms with Gasteiger partial charge in [-0.05, 0) is 35.4 Å². The number of carbonyl (C=O) groups is 2. The third kappa shape index (κ3) is 6.03. The highest BCUT2D eigenvalue weighted by atomic mass is 79.9. The van der Waals surface area contributed by atoms with Crippen LogP contribution in [0.15, 0.2) is 59.1 Å². The molecule has 136 valence electrons.